The van der Waals surface area contributed by atoms with Crippen molar-refractivity contribution in [3.05, 3.63) is 68.1 Å². The molecule has 0 saturated carbocycles. The first-order valence-electron chi connectivity index (χ1n) is 9.39. The Labute approximate surface area is 168 Å². The number of carbonyl (C=O) groups is 2. The molecule has 7 heteroatoms. The minimum Gasteiger partial charge on any atom is -0.352 e. The normalized spacial score (nSPS) is 16.7. The van der Waals surface area contributed by atoms with Gasteiger partial charge in [0.1, 0.15) is 5.56 Å². The van der Waals surface area contributed by atoms with E-state index < -0.39 is 0 Å². The van der Waals surface area contributed by atoms with Crippen LogP contribution in [-0.4, -0.2) is 41.3 Å². The number of aryl methyl sites for hydroxylation is 2. The van der Waals surface area contributed by atoms with Gasteiger partial charge in [-0.3, -0.25) is 14.4 Å². The average molecular weight is 402 g/mol. The summed E-state index contributed by atoms with van der Waals surface area (Å²) in [7, 11) is 0. The Morgan fingerprint density at radius 2 is 2.00 bits per heavy atom. The van der Waals surface area contributed by atoms with Gasteiger partial charge < -0.3 is 15.2 Å². The van der Waals surface area contributed by atoms with Gasteiger partial charge in [0.05, 0.1) is 10.6 Å². The molecule has 1 aliphatic rings. The third-order valence-electron chi connectivity index (χ3n) is 5.20. The average Bonchev–Trinajstić information content (AvgIpc) is 2.69. The molecule has 1 aromatic carbocycles. The number of rotatable bonds is 4. The van der Waals surface area contributed by atoms with Gasteiger partial charge >= 0.3 is 0 Å². The second-order valence-corrected chi connectivity index (χ2v) is 7.68. The molecule has 0 unspecified atom stereocenters. The number of pyridine rings is 1. The first-order chi connectivity index (χ1) is 13.4. The number of benzene rings is 1. The van der Waals surface area contributed by atoms with Crippen molar-refractivity contribution in [2.75, 3.05) is 19.6 Å². The molecule has 2 aromatic rings. The van der Waals surface area contributed by atoms with Crippen molar-refractivity contribution < 1.29 is 9.59 Å². The number of amides is 2. The Hall–Kier alpha value is -2.60. The summed E-state index contributed by atoms with van der Waals surface area (Å²) in [5.41, 5.74) is 1.89. The summed E-state index contributed by atoms with van der Waals surface area (Å²) in [6, 6.07) is 8.55. The van der Waals surface area contributed by atoms with Crippen LogP contribution in [0.2, 0.25) is 5.02 Å². The maximum Gasteiger partial charge on any atom is 0.261 e. The van der Waals surface area contributed by atoms with E-state index in [0.29, 0.717) is 30.2 Å². The van der Waals surface area contributed by atoms with Crippen molar-refractivity contribution in [3.8, 4) is 0 Å². The highest BCUT2D eigenvalue weighted by Crippen LogP contribution is 2.19. The van der Waals surface area contributed by atoms with Gasteiger partial charge in [-0.05, 0) is 56.4 Å². The fraction of sp³-hybridized carbons (Fsp3) is 0.381. The summed E-state index contributed by atoms with van der Waals surface area (Å²) in [5, 5.41) is 3.32. The monoisotopic (exact) mass is 401 g/mol. The minimum absolute atomic E-state index is 0.134. The molecule has 6 nitrogen and oxygen atoms in total. The largest absolute Gasteiger partial charge is 0.352 e. The number of aromatic nitrogens is 1. The van der Waals surface area contributed by atoms with Crippen LogP contribution in [0.5, 0.6) is 0 Å². The zero-order valence-corrected chi connectivity index (χ0v) is 16.8. The number of nitrogens with zero attached hydrogens (tertiary/aromatic N) is 1. The number of hydrogen-bond acceptors (Lipinski definition) is 3. The van der Waals surface area contributed by atoms with Crippen LogP contribution in [0.25, 0.3) is 0 Å². The molecule has 0 aliphatic carbocycles. The number of nitrogens with one attached hydrogen (secondary N) is 2. The number of H-pyrrole nitrogens is 1. The molecular weight excluding hydrogens is 378 g/mol. The lowest BCUT2D eigenvalue weighted by atomic mass is 9.97. The molecule has 1 saturated heterocycles. The van der Waals surface area contributed by atoms with E-state index in [-0.39, 0.29) is 28.9 Å². The summed E-state index contributed by atoms with van der Waals surface area (Å²) in [6.07, 6.45) is 1.75. The maximum absolute atomic E-state index is 12.8. The van der Waals surface area contributed by atoms with Crippen LogP contribution in [0.15, 0.2) is 35.1 Å². The summed E-state index contributed by atoms with van der Waals surface area (Å²) < 4.78 is 0. The first kappa shape index (κ1) is 20.1. The minimum atomic E-state index is -0.359. The van der Waals surface area contributed by atoms with Gasteiger partial charge in [0.15, 0.2) is 0 Å². The van der Waals surface area contributed by atoms with Gasteiger partial charge in [0.2, 0.25) is 0 Å². The molecule has 3 rings (SSSR count). The van der Waals surface area contributed by atoms with Crippen molar-refractivity contribution >= 4 is 23.4 Å². The van der Waals surface area contributed by atoms with Gasteiger partial charge in [0.25, 0.3) is 17.4 Å². The van der Waals surface area contributed by atoms with E-state index in [1.54, 1.807) is 35.2 Å². The highest BCUT2D eigenvalue weighted by Gasteiger charge is 2.26. The van der Waals surface area contributed by atoms with Gasteiger partial charge in [-0.15, -0.1) is 0 Å². The lowest BCUT2D eigenvalue weighted by molar-refractivity contribution is 0.0669. The van der Waals surface area contributed by atoms with Crippen molar-refractivity contribution in [1.82, 2.24) is 15.2 Å². The van der Waals surface area contributed by atoms with Crippen LogP contribution >= 0.6 is 11.6 Å². The fourth-order valence-electron chi connectivity index (χ4n) is 3.45. The molecule has 28 heavy (non-hydrogen) atoms. The van der Waals surface area contributed by atoms with E-state index in [2.05, 4.69) is 10.3 Å². The third kappa shape index (κ3) is 4.44. The standard InChI is InChI=1S/C21H24ClN3O3/c1-13-10-17(20(27)24-14(13)2)21(28)25-9-5-6-15(12-25)11-23-19(26)16-7-3-4-8-18(16)22/h3-4,7-8,10,15H,5-6,9,11-12H2,1-2H3,(H,23,26)(H,24,27)/t15-/m0/s1. The van der Waals surface area contributed by atoms with E-state index in [9.17, 15) is 14.4 Å². The maximum atomic E-state index is 12.8. The number of likely N-dealkylation sites (tertiary alicyclic amines) is 1. The molecule has 1 aromatic heterocycles. The Morgan fingerprint density at radius 3 is 2.75 bits per heavy atom. The van der Waals surface area contributed by atoms with Crippen LogP contribution in [-0.2, 0) is 0 Å². The molecule has 2 amide bonds. The van der Waals surface area contributed by atoms with Crippen molar-refractivity contribution in [3.63, 3.8) is 0 Å². The second-order valence-electron chi connectivity index (χ2n) is 7.27. The highest BCUT2D eigenvalue weighted by atomic mass is 35.5. The number of carbonyl (C=O) groups excluding carboxylic acids is 2. The Morgan fingerprint density at radius 1 is 1.25 bits per heavy atom. The SMILES string of the molecule is Cc1cc(C(=O)N2CCC[C@@H](CNC(=O)c3ccccc3Cl)C2)c(=O)[nH]c1C. The molecule has 1 atom stereocenters. The lowest BCUT2D eigenvalue weighted by Crippen LogP contribution is -2.45. The van der Waals surface area contributed by atoms with Crippen LogP contribution < -0.4 is 10.9 Å². The third-order valence-corrected chi connectivity index (χ3v) is 5.53. The molecule has 0 radical (unpaired) electrons. The summed E-state index contributed by atoms with van der Waals surface area (Å²) in [6.45, 7) is 5.25. The van der Waals surface area contributed by atoms with Crippen LogP contribution in [0.3, 0.4) is 0 Å². The molecule has 0 spiro atoms. The van der Waals surface area contributed by atoms with Crippen molar-refractivity contribution in [2.45, 2.75) is 26.7 Å². The smallest absolute Gasteiger partial charge is 0.261 e. The molecule has 2 N–H and O–H groups in total. The van der Waals surface area contributed by atoms with E-state index in [1.807, 2.05) is 13.8 Å². The summed E-state index contributed by atoms with van der Waals surface area (Å²) in [5.74, 6) is -0.346. The summed E-state index contributed by atoms with van der Waals surface area (Å²) >= 11 is 6.07. The van der Waals surface area contributed by atoms with Crippen molar-refractivity contribution in [2.24, 2.45) is 5.92 Å². The van der Waals surface area contributed by atoms with Gasteiger partial charge in [-0.2, -0.15) is 0 Å². The van der Waals surface area contributed by atoms with E-state index in [4.69, 9.17) is 11.6 Å². The zero-order chi connectivity index (χ0) is 20.3. The highest BCUT2D eigenvalue weighted by molar-refractivity contribution is 6.33. The number of aromatic amines is 1. The number of hydrogen-bond donors (Lipinski definition) is 2. The Kier molecular flexibility index (Phi) is 6.19. The first-order valence-corrected chi connectivity index (χ1v) is 9.77. The predicted octanol–water partition coefficient (Wildman–Crippen LogP) is 2.93. The fourth-order valence-corrected chi connectivity index (χ4v) is 3.67. The summed E-state index contributed by atoms with van der Waals surface area (Å²) in [4.78, 5) is 41.8. The van der Waals surface area contributed by atoms with Crippen LogP contribution in [0.4, 0.5) is 0 Å². The van der Waals surface area contributed by atoms with Gasteiger partial charge in [0, 0.05) is 25.3 Å². The molecule has 1 fully saturated rings. The molecule has 1 aliphatic heterocycles. The van der Waals surface area contributed by atoms with E-state index in [1.165, 1.54) is 0 Å². The second kappa shape index (κ2) is 8.61. The van der Waals surface area contributed by atoms with E-state index >= 15 is 0 Å². The quantitative estimate of drug-likeness (QED) is 0.826. The van der Waals surface area contributed by atoms with Gasteiger partial charge in [-0.25, -0.2) is 0 Å². The Bertz CT molecular complexity index is 954. The molecule has 0 bridgehead atoms. The Balaban J connectivity index is 1.63. The van der Waals surface area contributed by atoms with Crippen LogP contribution in [0.1, 0.15) is 44.8 Å². The van der Waals surface area contributed by atoms with Gasteiger partial charge in [-0.1, -0.05) is 23.7 Å². The molecule has 2 heterocycles. The number of piperidine rings is 1. The molecular formula is C21H24ClN3O3. The lowest BCUT2D eigenvalue weighted by Gasteiger charge is -2.32. The van der Waals surface area contributed by atoms with Crippen LogP contribution in [0, 0.1) is 19.8 Å². The topological polar surface area (TPSA) is 82.3 Å². The zero-order valence-electron chi connectivity index (χ0n) is 16.0. The predicted molar refractivity (Wildman–Crippen MR) is 109 cm³/mol. The van der Waals surface area contributed by atoms with E-state index in [0.717, 1.165) is 24.1 Å². The number of halogens is 1. The van der Waals surface area contributed by atoms with Crippen molar-refractivity contribution in [1.29, 1.82) is 0 Å². The molecule has 148 valence electrons.